The van der Waals surface area contributed by atoms with E-state index in [2.05, 4.69) is 106 Å². The Hall–Kier alpha value is -3.41. The summed E-state index contributed by atoms with van der Waals surface area (Å²) in [6.45, 7) is 6.55. The summed E-state index contributed by atoms with van der Waals surface area (Å²) in [4.78, 5) is 38.5. The fourth-order valence-corrected chi connectivity index (χ4v) is 10.2. The second kappa shape index (κ2) is 69.1. The van der Waals surface area contributed by atoms with Gasteiger partial charge in [-0.25, -0.2) is 0 Å². The van der Waals surface area contributed by atoms with Crippen LogP contribution in [0.25, 0.3) is 0 Å². The molecule has 1 atom stereocenters. The molecule has 1 unspecified atom stereocenters. The van der Waals surface area contributed by atoms with Gasteiger partial charge in [-0.15, -0.1) is 0 Å². The van der Waals surface area contributed by atoms with E-state index in [9.17, 15) is 14.4 Å². The molecule has 81 heavy (non-hydrogen) atoms. The fourth-order valence-electron chi connectivity index (χ4n) is 10.2. The van der Waals surface area contributed by atoms with Crippen LogP contribution in [0.3, 0.4) is 0 Å². The average Bonchev–Trinajstić information content (AvgIpc) is 3.47. The summed E-state index contributed by atoms with van der Waals surface area (Å²) in [7, 11) is 0. The van der Waals surface area contributed by atoms with Crippen LogP contribution in [0, 0.1) is 0 Å². The van der Waals surface area contributed by atoms with E-state index in [0.717, 1.165) is 109 Å². The standard InChI is InChI=1S/C75H132O6/c1-4-7-10-13-16-19-22-25-28-31-33-35-37-39-41-44-47-50-53-56-59-62-65-68-74(77)80-71-72(70-79-73(76)67-64-61-58-55-52-49-46-43-30-27-24-21-18-15-12-9-6-3)81-75(78)69-66-63-60-57-54-51-48-45-42-40-38-36-34-32-29-26-23-20-17-14-11-8-5-2/h7,10,16,19,25,27-28,30,33,35,39,41,47,50,72H,4-6,8-9,11-15,17-18,20-24,26,29,31-32,34,36-38,40,42-46,48-49,51-71H2,1-3H3/b10-7-,19-16-,28-25-,30-27-,35-33-,41-39-,50-47-. The lowest BCUT2D eigenvalue weighted by molar-refractivity contribution is -0.167. The summed E-state index contributed by atoms with van der Waals surface area (Å²) in [6, 6.07) is 0. The largest absolute Gasteiger partial charge is 0.462 e. The number of carbonyl (C=O) groups excluding carboxylic acids is 3. The first-order valence-corrected chi connectivity index (χ1v) is 35.1. The lowest BCUT2D eigenvalue weighted by Crippen LogP contribution is -2.30. The number of unbranched alkanes of at least 4 members (excludes halogenated alkanes) is 39. The number of ether oxygens (including phenoxy) is 3. The van der Waals surface area contributed by atoms with Gasteiger partial charge in [-0.2, -0.15) is 0 Å². The van der Waals surface area contributed by atoms with Gasteiger partial charge in [-0.05, 0) is 96.3 Å². The minimum atomic E-state index is -0.790. The molecular weight excluding hydrogens is 997 g/mol. The number of rotatable bonds is 64. The molecule has 0 radical (unpaired) electrons. The van der Waals surface area contributed by atoms with Gasteiger partial charge < -0.3 is 14.2 Å². The van der Waals surface area contributed by atoms with Gasteiger partial charge in [-0.3, -0.25) is 14.4 Å². The number of allylic oxidation sites excluding steroid dienone is 14. The maximum Gasteiger partial charge on any atom is 0.306 e. The first-order valence-electron chi connectivity index (χ1n) is 35.1. The summed E-state index contributed by atoms with van der Waals surface area (Å²) < 4.78 is 17.0. The molecule has 0 heterocycles. The van der Waals surface area contributed by atoms with Crippen molar-refractivity contribution in [2.75, 3.05) is 13.2 Å². The van der Waals surface area contributed by atoms with E-state index in [0.29, 0.717) is 19.3 Å². The normalized spacial score (nSPS) is 12.6. The van der Waals surface area contributed by atoms with Gasteiger partial charge in [0.2, 0.25) is 0 Å². The van der Waals surface area contributed by atoms with E-state index in [-0.39, 0.29) is 31.1 Å². The van der Waals surface area contributed by atoms with Crippen molar-refractivity contribution in [3.63, 3.8) is 0 Å². The molecule has 0 saturated heterocycles. The lowest BCUT2D eigenvalue weighted by atomic mass is 10.0. The molecule has 0 rings (SSSR count). The number of hydrogen-bond acceptors (Lipinski definition) is 6. The molecule has 0 aromatic heterocycles. The van der Waals surface area contributed by atoms with Crippen LogP contribution >= 0.6 is 0 Å². The molecule has 0 spiro atoms. The molecule has 0 fully saturated rings. The third kappa shape index (κ3) is 67.3. The van der Waals surface area contributed by atoms with Crippen LogP contribution < -0.4 is 0 Å². The van der Waals surface area contributed by atoms with E-state index in [4.69, 9.17) is 14.2 Å². The van der Waals surface area contributed by atoms with Crippen LogP contribution in [0.1, 0.15) is 355 Å². The van der Waals surface area contributed by atoms with Gasteiger partial charge in [0.05, 0.1) is 0 Å². The van der Waals surface area contributed by atoms with Crippen LogP contribution in [0.4, 0.5) is 0 Å². The Labute approximate surface area is 503 Å². The smallest absolute Gasteiger partial charge is 0.306 e. The highest BCUT2D eigenvalue weighted by molar-refractivity contribution is 5.71. The molecular formula is C75H132O6. The Balaban J connectivity index is 4.39. The average molecular weight is 1130 g/mol. The third-order valence-electron chi connectivity index (χ3n) is 15.4. The second-order valence-corrected chi connectivity index (χ2v) is 23.4. The first kappa shape index (κ1) is 77.6. The van der Waals surface area contributed by atoms with Gasteiger partial charge >= 0.3 is 17.9 Å². The van der Waals surface area contributed by atoms with Crippen molar-refractivity contribution in [1.29, 1.82) is 0 Å². The molecule has 0 bridgehead atoms. The number of hydrogen-bond donors (Lipinski definition) is 0. The molecule has 468 valence electrons. The van der Waals surface area contributed by atoms with Crippen molar-refractivity contribution in [2.45, 2.75) is 361 Å². The minimum absolute atomic E-state index is 0.0841. The van der Waals surface area contributed by atoms with Crippen molar-refractivity contribution in [3.8, 4) is 0 Å². The van der Waals surface area contributed by atoms with E-state index in [1.807, 2.05) is 0 Å². The molecule has 0 aliphatic heterocycles. The van der Waals surface area contributed by atoms with Crippen LogP contribution in [0.5, 0.6) is 0 Å². The molecule has 0 aromatic carbocycles. The summed E-state index contributed by atoms with van der Waals surface area (Å²) in [6.07, 6.45) is 91.7. The Morgan fingerprint density at radius 2 is 0.481 bits per heavy atom. The predicted molar refractivity (Wildman–Crippen MR) is 353 cm³/mol. The van der Waals surface area contributed by atoms with E-state index in [1.165, 1.54) is 205 Å². The molecule has 0 amide bonds. The Kier molecular flexibility index (Phi) is 66.2. The van der Waals surface area contributed by atoms with E-state index >= 15 is 0 Å². The molecule has 0 aliphatic carbocycles. The number of carbonyl (C=O) groups is 3. The minimum Gasteiger partial charge on any atom is -0.462 e. The lowest BCUT2D eigenvalue weighted by Gasteiger charge is -2.18. The summed E-state index contributed by atoms with van der Waals surface area (Å²) in [5.74, 6) is -0.894. The van der Waals surface area contributed by atoms with Gasteiger partial charge in [0.15, 0.2) is 6.10 Å². The fraction of sp³-hybridized carbons (Fsp3) is 0.773. The molecule has 0 saturated carbocycles. The molecule has 0 aromatic rings. The highest BCUT2D eigenvalue weighted by atomic mass is 16.6. The molecule has 0 N–H and O–H groups in total. The van der Waals surface area contributed by atoms with Gasteiger partial charge in [0.25, 0.3) is 0 Å². The maximum absolute atomic E-state index is 13.0. The van der Waals surface area contributed by atoms with Crippen molar-refractivity contribution >= 4 is 17.9 Å². The zero-order valence-electron chi connectivity index (χ0n) is 53.8. The summed E-state index contributed by atoms with van der Waals surface area (Å²) in [5, 5.41) is 0. The first-order chi connectivity index (χ1) is 40.0. The SMILES string of the molecule is CC/C=C\C/C=C\C/C=C\C/C=C\C/C=C\C/C=C\CCCCCCC(=O)OCC(COC(=O)CCCCCCCCC/C=C\CCCCCCCC)OC(=O)CCCCCCCCCCCCCCCCCCCCCCCCC. The quantitative estimate of drug-likeness (QED) is 0.0261. The second-order valence-electron chi connectivity index (χ2n) is 23.4. The summed E-state index contributed by atoms with van der Waals surface area (Å²) >= 11 is 0. The van der Waals surface area contributed by atoms with Crippen LogP contribution in [-0.2, 0) is 28.6 Å². The highest BCUT2D eigenvalue weighted by Crippen LogP contribution is 2.18. The zero-order chi connectivity index (χ0) is 58.5. The predicted octanol–water partition coefficient (Wildman–Crippen LogP) is 24.2. The Morgan fingerprint density at radius 3 is 0.765 bits per heavy atom. The van der Waals surface area contributed by atoms with Crippen LogP contribution in [-0.4, -0.2) is 37.2 Å². The van der Waals surface area contributed by atoms with Crippen molar-refractivity contribution < 1.29 is 28.6 Å². The summed E-state index contributed by atoms with van der Waals surface area (Å²) in [5.41, 5.74) is 0. The van der Waals surface area contributed by atoms with Crippen LogP contribution in [0.15, 0.2) is 85.1 Å². The highest BCUT2D eigenvalue weighted by Gasteiger charge is 2.19. The maximum atomic E-state index is 13.0. The van der Waals surface area contributed by atoms with Crippen LogP contribution in [0.2, 0.25) is 0 Å². The molecule has 6 heteroatoms. The van der Waals surface area contributed by atoms with Crippen molar-refractivity contribution in [2.24, 2.45) is 0 Å². The Morgan fingerprint density at radius 1 is 0.259 bits per heavy atom. The van der Waals surface area contributed by atoms with E-state index in [1.54, 1.807) is 0 Å². The van der Waals surface area contributed by atoms with Gasteiger partial charge in [0, 0.05) is 19.3 Å². The van der Waals surface area contributed by atoms with Crippen molar-refractivity contribution in [1.82, 2.24) is 0 Å². The number of esters is 3. The Bertz CT molecular complexity index is 1530. The third-order valence-corrected chi connectivity index (χ3v) is 15.4. The monoisotopic (exact) mass is 1130 g/mol. The van der Waals surface area contributed by atoms with Gasteiger partial charge in [0.1, 0.15) is 13.2 Å². The topological polar surface area (TPSA) is 78.9 Å². The zero-order valence-corrected chi connectivity index (χ0v) is 53.8. The van der Waals surface area contributed by atoms with Crippen molar-refractivity contribution in [3.05, 3.63) is 85.1 Å². The molecule has 6 nitrogen and oxygen atoms in total. The molecule has 0 aliphatic rings. The van der Waals surface area contributed by atoms with Gasteiger partial charge in [-0.1, -0.05) is 324 Å². The van der Waals surface area contributed by atoms with E-state index < -0.39 is 6.10 Å².